The highest BCUT2D eigenvalue weighted by atomic mass is 16.1. The maximum absolute atomic E-state index is 12.7. The maximum atomic E-state index is 12.7. The quantitative estimate of drug-likeness (QED) is 0.615. The molecule has 0 atom stereocenters. The van der Waals surface area contributed by atoms with Crippen molar-refractivity contribution in [2.24, 2.45) is 11.8 Å². The van der Waals surface area contributed by atoms with E-state index in [1.165, 1.54) is 63.8 Å². The number of anilines is 3. The van der Waals surface area contributed by atoms with Crippen molar-refractivity contribution in [3.8, 4) is 0 Å². The summed E-state index contributed by atoms with van der Waals surface area (Å²) in [5.74, 6) is 1.70. The third-order valence-electron chi connectivity index (χ3n) is 7.03. The number of benzene rings is 2. The number of carbonyl (C=O) groups excluding carboxylic acids is 1. The molecule has 0 radical (unpaired) electrons. The van der Waals surface area contributed by atoms with Crippen LogP contribution >= 0.6 is 0 Å². The molecule has 1 amide bonds. The van der Waals surface area contributed by atoms with Crippen LogP contribution in [0.1, 0.15) is 48.9 Å². The SMILES string of the molecule is Nc1ccccc1NC(=O)c1ccc(N(CC2CC2)C2CCN(CC3CC3)CC2)cc1. The smallest absolute Gasteiger partial charge is 0.255 e. The summed E-state index contributed by atoms with van der Waals surface area (Å²) in [5.41, 5.74) is 9.12. The average Bonchev–Trinajstić information content (AvgIpc) is 3.71. The summed E-state index contributed by atoms with van der Waals surface area (Å²) < 4.78 is 0. The van der Waals surface area contributed by atoms with E-state index in [2.05, 4.69) is 27.2 Å². The molecule has 5 rings (SSSR count). The number of carbonyl (C=O) groups is 1. The Balaban J connectivity index is 1.24. The van der Waals surface area contributed by atoms with Gasteiger partial charge < -0.3 is 20.9 Å². The fourth-order valence-corrected chi connectivity index (χ4v) is 4.73. The highest BCUT2D eigenvalue weighted by Crippen LogP contribution is 2.35. The number of nitrogens with zero attached hydrogens (tertiary/aromatic N) is 2. The molecule has 0 unspecified atom stereocenters. The van der Waals surface area contributed by atoms with Crippen LogP contribution in [0.5, 0.6) is 0 Å². The minimum absolute atomic E-state index is 0.119. The van der Waals surface area contributed by atoms with Gasteiger partial charge >= 0.3 is 0 Å². The van der Waals surface area contributed by atoms with Gasteiger partial charge in [0.25, 0.3) is 5.91 Å². The molecule has 1 heterocycles. The molecule has 5 nitrogen and oxygen atoms in total. The molecule has 0 aromatic heterocycles. The second-order valence-corrected chi connectivity index (χ2v) is 9.66. The van der Waals surface area contributed by atoms with Gasteiger partial charge in [0.2, 0.25) is 0 Å². The predicted octanol–water partition coefficient (Wildman–Crippen LogP) is 4.61. The van der Waals surface area contributed by atoms with Crippen molar-refractivity contribution in [1.82, 2.24) is 4.90 Å². The van der Waals surface area contributed by atoms with Crippen LogP contribution in [0.25, 0.3) is 0 Å². The topological polar surface area (TPSA) is 61.6 Å². The van der Waals surface area contributed by atoms with Crippen molar-refractivity contribution in [2.45, 2.75) is 44.6 Å². The molecule has 3 N–H and O–H groups in total. The normalized spacial score (nSPS) is 19.9. The zero-order valence-corrected chi connectivity index (χ0v) is 18.3. The largest absolute Gasteiger partial charge is 0.397 e. The number of amides is 1. The van der Waals surface area contributed by atoms with Gasteiger partial charge in [0.1, 0.15) is 0 Å². The third-order valence-corrected chi connectivity index (χ3v) is 7.03. The van der Waals surface area contributed by atoms with Gasteiger partial charge in [0.05, 0.1) is 11.4 Å². The van der Waals surface area contributed by atoms with Crippen molar-refractivity contribution in [3.63, 3.8) is 0 Å². The number of rotatable bonds is 8. The molecule has 1 aliphatic heterocycles. The number of hydrogen-bond acceptors (Lipinski definition) is 4. The van der Waals surface area contributed by atoms with Crippen LogP contribution in [-0.4, -0.2) is 43.0 Å². The number of nitrogens with two attached hydrogens (primary N) is 1. The summed E-state index contributed by atoms with van der Waals surface area (Å²) >= 11 is 0. The van der Waals surface area contributed by atoms with Crippen LogP contribution in [-0.2, 0) is 0 Å². The van der Waals surface area contributed by atoms with Gasteiger partial charge in [-0.1, -0.05) is 12.1 Å². The zero-order valence-electron chi connectivity index (χ0n) is 18.3. The molecule has 164 valence electrons. The number of nitrogens with one attached hydrogen (secondary N) is 1. The first-order valence-electron chi connectivity index (χ1n) is 11.9. The molecule has 2 aromatic carbocycles. The highest BCUT2D eigenvalue weighted by molar-refractivity contribution is 6.05. The van der Waals surface area contributed by atoms with Crippen LogP contribution in [0.15, 0.2) is 48.5 Å². The third kappa shape index (κ3) is 5.21. The van der Waals surface area contributed by atoms with Crippen LogP contribution < -0.4 is 16.0 Å². The van der Waals surface area contributed by atoms with Gasteiger partial charge in [-0.3, -0.25) is 4.79 Å². The maximum Gasteiger partial charge on any atom is 0.255 e. The Labute approximate surface area is 185 Å². The number of para-hydroxylation sites is 2. The molecule has 2 aliphatic carbocycles. The zero-order chi connectivity index (χ0) is 21.2. The van der Waals surface area contributed by atoms with Crippen LogP contribution in [0, 0.1) is 11.8 Å². The molecule has 5 heteroatoms. The fraction of sp³-hybridized carbons (Fsp3) is 0.500. The first-order valence-corrected chi connectivity index (χ1v) is 11.9. The van der Waals surface area contributed by atoms with E-state index in [4.69, 9.17) is 5.73 Å². The molecule has 0 spiro atoms. The van der Waals surface area contributed by atoms with E-state index in [0.29, 0.717) is 23.0 Å². The highest BCUT2D eigenvalue weighted by Gasteiger charge is 2.32. The second-order valence-electron chi connectivity index (χ2n) is 9.66. The van der Waals surface area contributed by atoms with Crippen LogP contribution in [0.3, 0.4) is 0 Å². The van der Waals surface area contributed by atoms with Crippen molar-refractivity contribution in [2.75, 3.05) is 42.1 Å². The van der Waals surface area contributed by atoms with Gasteiger partial charge in [-0.15, -0.1) is 0 Å². The van der Waals surface area contributed by atoms with E-state index in [1.807, 2.05) is 30.3 Å². The van der Waals surface area contributed by atoms with E-state index >= 15 is 0 Å². The Bertz CT molecular complexity index is 896. The Morgan fingerprint density at radius 1 is 0.935 bits per heavy atom. The molecule has 2 saturated carbocycles. The lowest BCUT2D eigenvalue weighted by Gasteiger charge is -2.40. The number of likely N-dealkylation sites (tertiary alicyclic amines) is 1. The Kier molecular flexibility index (Phi) is 5.86. The van der Waals surface area contributed by atoms with E-state index < -0.39 is 0 Å². The molecule has 3 fully saturated rings. The Hall–Kier alpha value is -2.53. The van der Waals surface area contributed by atoms with Gasteiger partial charge in [-0.25, -0.2) is 0 Å². The van der Waals surface area contributed by atoms with Gasteiger partial charge in [-0.2, -0.15) is 0 Å². The minimum atomic E-state index is -0.119. The van der Waals surface area contributed by atoms with E-state index in [9.17, 15) is 4.79 Å². The van der Waals surface area contributed by atoms with E-state index in [0.717, 1.165) is 18.4 Å². The van der Waals surface area contributed by atoms with Gasteiger partial charge in [-0.05, 0) is 86.8 Å². The summed E-state index contributed by atoms with van der Waals surface area (Å²) in [6.07, 6.45) is 8.07. The number of piperidine rings is 1. The van der Waals surface area contributed by atoms with Gasteiger partial charge in [0, 0.05) is 43.5 Å². The second kappa shape index (κ2) is 8.91. The van der Waals surface area contributed by atoms with Crippen LogP contribution in [0.2, 0.25) is 0 Å². The molecular formula is C26H34N4O. The van der Waals surface area contributed by atoms with E-state index in [-0.39, 0.29) is 5.91 Å². The van der Waals surface area contributed by atoms with Crippen molar-refractivity contribution >= 4 is 23.0 Å². The van der Waals surface area contributed by atoms with Crippen molar-refractivity contribution in [1.29, 1.82) is 0 Å². The monoisotopic (exact) mass is 418 g/mol. The van der Waals surface area contributed by atoms with Crippen molar-refractivity contribution in [3.05, 3.63) is 54.1 Å². The predicted molar refractivity (Wildman–Crippen MR) is 128 cm³/mol. The molecule has 0 bridgehead atoms. The van der Waals surface area contributed by atoms with Gasteiger partial charge in [0.15, 0.2) is 0 Å². The Morgan fingerprint density at radius 2 is 1.61 bits per heavy atom. The van der Waals surface area contributed by atoms with Crippen molar-refractivity contribution < 1.29 is 4.79 Å². The average molecular weight is 419 g/mol. The standard InChI is InChI=1S/C26H34N4O/c27-24-3-1-2-4-25(24)28-26(31)21-9-11-22(12-10-21)30(18-20-7-8-20)23-13-15-29(16-14-23)17-19-5-6-19/h1-4,9-12,19-20,23H,5-8,13-18,27H2,(H,28,31). The lowest BCUT2D eigenvalue weighted by Crippen LogP contribution is -2.46. The number of nitrogen functional groups attached to an aromatic ring is 1. The summed E-state index contributed by atoms with van der Waals surface area (Å²) in [4.78, 5) is 18.0. The first kappa shape index (κ1) is 20.4. The van der Waals surface area contributed by atoms with Crippen LogP contribution in [0.4, 0.5) is 17.1 Å². The first-order chi connectivity index (χ1) is 15.2. The summed E-state index contributed by atoms with van der Waals surface area (Å²) in [5, 5.41) is 2.92. The molecular weight excluding hydrogens is 384 g/mol. The summed E-state index contributed by atoms with van der Waals surface area (Å²) in [6.45, 7) is 4.91. The van der Waals surface area contributed by atoms with E-state index in [1.54, 1.807) is 6.07 Å². The fourth-order valence-electron chi connectivity index (χ4n) is 4.73. The molecule has 31 heavy (non-hydrogen) atoms. The molecule has 1 saturated heterocycles. The lowest BCUT2D eigenvalue weighted by atomic mass is 10.0. The summed E-state index contributed by atoms with van der Waals surface area (Å²) in [7, 11) is 0. The summed E-state index contributed by atoms with van der Waals surface area (Å²) in [6, 6.07) is 16.1. The number of hydrogen-bond donors (Lipinski definition) is 2. The molecule has 3 aliphatic rings. The molecule has 2 aromatic rings. The minimum Gasteiger partial charge on any atom is -0.397 e. The Morgan fingerprint density at radius 3 is 2.26 bits per heavy atom. The lowest BCUT2D eigenvalue weighted by molar-refractivity contribution is 0.102.